The van der Waals surface area contributed by atoms with Gasteiger partial charge in [-0.1, -0.05) is 18.2 Å². The van der Waals surface area contributed by atoms with E-state index in [1.54, 1.807) is 6.07 Å². The summed E-state index contributed by atoms with van der Waals surface area (Å²) >= 11 is 0. The van der Waals surface area contributed by atoms with Crippen LogP contribution in [0.15, 0.2) is 42.5 Å². The largest absolute Gasteiger partial charge is 0.457 e. The third-order valence-electron chi connectivity index (χ3n) is 3.34. The number of hydrogen-bond donors (Lipinski definition) is 0. The molecule has 1 aliphatic rings. The average molecular weight is 238 g/mol. The summed E-state index contributed by atoms with van der Waals surface area (Å²) in [5, 5.41) is 0. The highest BCUT2D eigenvalue weighted by Crippen LogP contribution is 2.29. The Morgan fingerprint density at radius 2 is 1.83 bits per heavy atom. The maximum absolute atomic E-state index is 10.9. The molecule has 2 aromatic rings. The van der Waals surface area contributed by atoms with E-state index < -0.39 is 0 Å². The number of aryl methyl sites for hydroxylation is 2. The smallest absolute Gasteiger partial charge is 0.153 e. The number of rotatable bonds is 3. The quantitative estimate of drug-likeness (QED) is 0.761. The SMILES string of the molecule is O=Cc1ccccc1Oc1ccc2c(c1)CCC2. The van der Waals surface area contributed by atoms with E-state index in [4.69, 9.17) is 4.74 Å². The zero-order chi connectivity index (χ0) is 12.4. The lowest BCUT2D eigenvalue weighted by atomic mass is 10.1. The molecule has 18 heavy (non-hydrogen) atoms. The van der Waals surface area contributed by atoms with Crippen LogP contribution in [0.25, 0.3) is 0 Å². The van der Waals surface area contributed by atoms with Crippen LogP contribution in [-0.4, -0.2) is 6.29 Å². The van der Waals surface area contributed by atoms with Gasteiger partial charge in [-0.15, -0.1) is 0 Å². The lowest BCUT2D eigenvalue weighted by Crippen LogP contribution is -1.91. The first-order chi connectivity index (χ1) is 8.86. The van der Waals surface area contributed by atoms with Crippen molar-refractivity contribution in [3.63, 3.8) is 0 Å². The molecule has 0 radical (unpaired) electrons. The van der Waals surface area contributed by atoms with E-state index >= 15 is 0 Å². The lowest BCUT2D eigenvalue weighted by Gasteiger charge is -2.09. The van der Waals surface area contributed by atoms with Gasteiger partial charge in [0.15, 0.2) is 6.29 Å². The summed E-state index contributed by atoms with van der Waals surface area (Å²) in [5.74, 6) is 1.43. The normalized spacial score (nSPS) is 13.1. The number of benzene rings is 2. The van der Waals surface area contributed by atoms with Crippen LogP contribution in [0.4, 0.5) is 0 Å². The summed E-state index contributed by atoms with van der Waals surface area (Å²) in [6.45, 7) is 0. The van der Waals surface area contributed by atoms with Crippen LogP contribution in [0, 0.1) is 0 Å². The summed E-state index contributed by atoms with van der Waals surface area (Å²) in [6, 6.07) is 13.5. The van der Waals surface area contributed by atoms with Gasteiger partial charge < -0.3 is 4.74 Å². The van der Waals surface area contributed by atoms with Crippen molar-refractivity contribution in [3.8, 4) is 11.5 Å². The molecule has 0 atom stereocenters. The minimum absolute atomic E-state index is 0.581. The first kappa shape index (κ1) is 11.0. The monoisotopic (exact) mass is 238 g/mol. The Labute approximate surface area is 106 Å². The van der Waals surface area contributed by atoms with E-state index in [9.17, 15) is 4.79 Å². The van der Waals surface area contributed by atoms with E-state index in [2.05, 4.69) is 12.1 Å². The zero-order valence-corrected chi connectivity index (χ0v) is 10.1. The fourth-order valence-corrected chi connectivity index (χ4v) is 2.41. The van der Waals surface area contributed by atoms with E-state index in [0.717, 1.165) is 18.5 Å². The molecular formula is C16H14O2. The Morgan fingerprint density at radius 1 is 1.00 bits per heavy atom. The van der Waals surface area contributed by atoms with Crippen molar-refractivity contribution in [2.45, 2.75) is 19.3 Å². The van der Waals surface area contributed by atoms with Gasteiger partial charge in [-0.2, -0.15) is 0 Å². The number of aldehydes is 1. The van der Waals surface area contributed by atoms with Crippen molar-refractivity contribution in [2.24, 2.45) is 0 Å². The standard InChI is InChI=1S/C16H14O2/c17-11-14-4-1-2-7-16(14)18-15-9-8-12-5-3-6-13(12)10-15/h1-2,4,7-11H,3,5-6H2. The molecular weight excluding hydrogens is 224 g/mol. The molecule has 0 aliphatic heterocycles. The van der Waals surface area contributed by atoms with Crippen LogP contribution in [0.1, 0.15) is 27.9 Å². The minimum Gasteiger partial charge on any atom is -0.457 e. The summed E-state index contributed by atoms with van der Waals surface area (Å²) in [4.78, 5) is 10.9. The van der Waals surface area contributed by atoms with Gasteiger partial charge in [-0.3, -0.25) is 4.79 Å². The highest BCUT2D eigenvalue weighted by atomic mass is 16.5. The molecule has 2 aromatic carbocycles. The number of carbonyl (C=O) groups is 1. The van der Waals surface area contributed by atoms with Gasteiger partial charge >= 0.3 is 0 Å². The summed E-state index contributed by atoms with van der Waals surface area (Å²) in [6.07, 6.45) is 4.34. The number of fused-ring (bicyclic) bond motifs is 1. The summed E-state index contributed by atoms with van der Waals surface area (Å²) < 4.78 is 5.79. The molecule has 0 heterocycles. The van der Waals surface area contributed by atoms with E-state index in [1.165, 1.54) is 24.0 Å². The minimum atomic E-state index is 0.581. The zero-order valence-electron chi connectivity index (χ0n) is 10.1. The van der Waals surface area contributed by atoms with Crippen molar-refractivity contribution >= 4 is 6.29 Å². The molecule has 0 saturated heterocycles. The van der Waals surface area contributed by atoms with Crippen LogP contribution >= 0.6 is 0 Å². The predicted octanol–water partition coefficient (Wildman–Crippen LogP) is 3.78. The third-order valence-corrected chi connectivity index (χ3v) is 3.34. The van der Waals surface area contributed by atoms with Crippen LogP contribution in [0.5, 0.6) is 11.5 Å². The first-order valence-electron chi connectivity index (χ1n) is 6.21. The van der Waals surface area contributed by atoms with Gasteiger partial charge in [-0.25, -0.2) is 0 Å². The predicted molar refractivity (Wildman–Crippen MR) is 70.4 cm³/mol. The van der Waals surface area contributed by atoms with E-state index in [-0.39, 0.29) is 0 Å². The van der Waals surface area contributed by atoms with Crippen LogP contribution in [0.3, 0.4) is 0 Å². The van der Waals surface area contributed by atoms with Gasteiger partial charge in [0.25, 0.3) is 0 Å². The number of carbonyl (C=O) groups excluding carboxylic acids is 1. The maximum atomic E-state index is 10.9. The second-order valence-corrected chi connectivity index (χ2v) is 4.54. The second-order valence-electron chi connectivity index (χ2n) is 4.54. The molecule has 2 heteroatoms. The topological polar surface area (TPSA) is 26.3 Å². The second kappa shape index (κ2) is 4.65. The molecule has 1 aliphatic carbocycles. The number of hydrogen-bond acceptors (Lipinski definition) is 2. The van der Waals surface area contributed by atoms with Gasteiger partial charge in [0.1, 0.15) is 11.5 Å². The number of para-hydroxylation sites is 1. The van der Waals surface area contributed by atoms with E-state index in [1.807, 2.05) is 24.3 Å². The van der Waals surface area contributed by atoms with Crippen molar-refractivity contribution < 1.29 is 9.53 Å². The molecule has 0 amide bonds. The molecule has 2 nitrogen and oxygen atoms in total. The molecule has 90 valence electrons. The fraction of sp³-hybridized carbons (Fsp3) is 0.188. The van der Waals surface area contributed by atoms with Crippen molar-refractivity contribution in [1.82, 2.24) is 0 Å². The Morgan fingerprint density at radius 3 is 2.72 bits per heavy atom. The van der Waals surface area contributed by atoms with Crippen molar-refractivity contribution in [3.05, 3.63) is 59.2 Å². The Hall–Kier alpha value is -2.09. The van der Waals surface area contributed by atoms with Gasteiger partial charge in [0.2, 0.25) is 0 Å². The maximum Gasteiger partial charge on any atom is 0.153 e. The molecule has 0 bridgehead atoms. The first-order valence-corrected chi connectivity index (χ1v) is 6.21. The number of ether oxygens (including phenoxy) is 1. The van der Waals surface area contributed by atoms with Crippen molar-refractivity contribution in [2.75, 3.05) is 0 Å². The van der Waals surface area contributed by atoms with Crippen LogP contribution in [-0.2, 0) is 12.8 Å². The Kier molecular flexibility index (Phi) is 2.85. The fourth-order valence-electron chi connectivity index (χ4n) is 2.41. The van der Waals surface area contributed by atoms with Gasteiger partial charge in [0, 0.05) is 0 Å². The molecule has 0 N–H and O–H groups in total. The third kappa shape index (κ3) is 2.02. The molecule has 0 fully saturated rings. The lowest BCUT2D eigenvalue weighted by molar-refractivity contribution is 0.112. The van der Waals surface area contributed by atoms with Crippen LogP contribution < -0.4 is 4.74 Å². The highest BCUT2D eigenvalue weighted by Gasteiger charge is 2.12. The average Bonchev–Trinajstić information content (AvgIpc) is 2.87. The summed E-state index contributed by atoms with van der Waals surface area (Å²) in [7, 11) is 0. The molecule has 0 spiro atoms. The van der Waals surface area contributed by atoms with Crippen molar-refractivity contribution in [1.29, 1.82) is 0 Å². The Bertz CT molecular complexity index is 587. The Balaban J connectivity index is 1.90. The van der Waals surface area contributed by atoms with Gasteiger partial charge in [-0.05, 0) is 54.7 Å². The molecule has 0 saturated carbocycles. The molecule has 0 unspecified atom stereocenters. The highest BCUT2D eigenvalue weighted by molar-refractivity contribution is 5.79. The molecule has 3 rings (SSSR count). The molecule has 0 aromatic heterocycles. The van der Waals surface area contributed by atoms with Crippen LogP contribution in [0.2, 0.25) is 0 Å². The van der Waals surface area contributed by atoms with Gasteiger partial charge in [0.05, 0.1) is 5.56 Å². The van der Waals surface area contributed by atoms with E-state index in [0.29, 0.717) is 11.3 Å². The summed E-state index contributed by atoms with van der Waals surface area (Å²) in [5.41, 5.74) is 3.38.